The summed E-state index contributed by atoms with van der Waals surface area (Å²) in [5.41, 5.74) is 0.196. The van der Waals surface area contributed by atoms with Crippen molar-refractivity contribution in [2.45, 2.75) is 13.5 Å². The Hall–Kier alpha value is -1.30. The second kappa shape index (κ2) is 8.87. The lowest BCUT2D eigenvalue weighted by atomic mass is 10.2. The number of hydrogen-bond acceptors (Lipinski definition) is 5. The molecular weight excluding hydrogens is 341 g/mol. The van der Waals surface area contributed by atoms with Gasteiger partial charge in [-0.05, 0) is 24.6 Å². The van der Waals surface area contributed by atoms with E-state index in [1.807, 2.05) is 0 Å². The van der Waals surface area contributed by atoms with Gasteiger partial charge in [0.1, 0.15) is 6.61 Å². The first-order chi connectivity index (χ1) is 9.99. The highest BCUT2D eigenvalue weighted by Crippen LogP contribution is 2.22. The topological polar surface area (TPSA) is 65.0 Å². The molecular formula is C13H12Cl3NO4. The van der Waals surface area contributed by atoms with E-state index in [1.165, 1.54) is 0 Å². The molecule has 0 heterocycles. The van der Waals surface area contributed by atoms with Crippen LogP contribution in [0.15, 0.2) is 23.4 Å². The number of oxime groups is 1. The monoisotopic (exact) mass is 351 g/mol. The fourth-order valence-corrected chi connectivity index (χ4v) is 1.71. The lowest BCUT2D eigenvalue weighted by molar-refractivity contribution is -0.136. The summed E-state index contributed by atoms with van der Waals surface area (Å²) in [6, 6.07) is 4.87. The maximum absolute atomic E-state index is 11.5. The molecule has 0 saturated heterocycles. The van der Waals surface area contributed by atoms with Crippen LogP contribution >= 0.6 is 34.8 Å². The average Bonchev–Trinajstić information content (AvgIpc) is 2.46. The molecule has 0 radical (unpaired) electrons. The molecule has 5 nitrogen and oxygen atoms in total. The van der Waals surface area contributed by atoms with E-state index in [9.17, 15) is 9.59 Å². The van der Waals surface area contributed by atoms with E-state index in [1.54, 1.807) is 25.1 Å². The summed E-state index contributed by atoms with van der Waals surface area (Å²) < 4.78 is 4.70. The molecule has 0 aliphatic rings. The van der Waals surface area contributed by atoms with Crippen LogP contribution in [0.5, 0.6) is 0 Å². The maximum atomic E-state index is 11.5. The van der Waals surface area contributed by atoms with E-state index in [0.717, 1.165) is 0 Å². The number of benzene rings is 1. The zero-order chi connectivity index (χ0) is 15.8. The number of carbonyl (C=O) groups is 2. The lowest BCUT2D eigenvalue weighted by Crippen LogP contribution is -2.27. The Balaban J connectivity index is 2.75. The smallest absolute Gasteiger partial charge is 0.364 e. The molecule has 1 aromatic rings. The quantitative estimate of drug-likeness (QED) is 0.248. The fourth-order valence-electron chi connectivity index (χ4n) is 1.27. The summed E-state index contributed by atoms with van der Waals surface area (Å²) in [6.45, 7) is 1.73. The molecule has 1 rings (SSSR count). The fraction of sp³-hybridized carbons (Fsp3) is 0.308. The Labute approximate surface area is 136 Å². The third-order valence-corrected chi connectivity index (χ3v) is 3.21. The number of rotatable bonds is 7. The van der Waals surface area contributed by atoms with E-state index in [2.05, 4.69) is 5.16 Å². The van der Waals surface area contributed by atoms with E-state index >= 15 is 0 Å². The van der Waals surface area contributed by atoms with Gasteiger partial charge in [-0.1, -0.05) is 34.4 Å². The van der Waals surface area contributed by atoms with Gasteiger partial charge in [0, 0.05) is 0 Å². The maximum Gasteiger partial charge on any atom is 0.364 e. The van der Waals surface area contributed by atoms with Crippen molar-refractivity contribution in [3.63, 3.8) is 0 Å². The average molecular weight is 353 g/mol. The number of carbonyl (C=O) groups excluding carboxylic acids is 2. The minimum Gasteiger partial charge on any atom is -0.461 e. The number of alkyl halides is 1. The van der Waals surface area contributed by atoms with Crippen molar-refractivity contribution in [3.8, 4) is 0 Å². The van der Waals surface area contributed by atoms with Gasteiger partial charge in [0.15, 0.2) is 0 Å². The molecule has 0 spiro atoms. The van der Waals surface area contributed by atoms with Gasteiger partial charge in [-0.3, -0.25) is 4.79 Å². The summed E-state index contributed by atoms with van der Waals surface area (Å²) in [5.74, 6) is -1.95. The number of nitrogens with zero attached hydrogens (tertiary/aromatic N) is 1. The van der Waals surface area contributed by atoms with Gasteiger partial charge in [-0.15, -0.1) is 11.6 Å². The van der Waals surface area contributed by atoms with Crippen molar-refractivity contribution in [1.82, 2.24) is 0 Å². The minimum atomic E-state index is -0.878. The van der Waals surface area contributed by atoms with Crippen molar-refractivity contribution in [3.05, 3.63) is 33.8 Å². The highest BCUT2D eigenvalue weighted by atomic mass is 35.5. The molecule has 1 aromatic carbocycles. The van der Waals surface area contributed by atoms with Crippen LogP contribution in [0.3, 0.4) is 0 Å². The van der Waals surface area contributed by atoms with E-state index in [0.29, 0.717) is 15.6 Å². The van der Waals surface area contributed by atoms with Gasteiger partial charge in [0.25, 0.3) is 0 Å². The molecule has 0 saturated carbocycles. The Morgan fingerprint density at radius 3 is 2.52 bits per heavy atom. The van der Waals surface area contributed by atoms with E-state index in [-0.39, 0.29) is 13.2 Å². The zero-order valence-corrected chi connectivity index (χ0v) is 13.3. The summed E-state index contributed by atoms with van der Waals surface area (Å²) in [6.07, 6.45) is 0. The zero-order valence-electron chi connectivity index (χ0n) is 11.1. The molecule has 114 valence electrons. The van der Waals surface area contributed by atoms with Crippen molar-refractivity contribution in [2.75, 3.05) is 12.5 Å². The number of hydrogen-bond donors (Lipinski definition) is 0. The lowest BCUT2D eigenvalue weighted by Gasteiger charge is -2.05. The highest BCUT2D eigenvalue weighted by Gasteiger charge is 2.22. The Kier molecular flexibility index (Phi) is 7.50. The van der Waals surface area contributed by atoms with Gasteiger partial charge < -0.3 is 9.57 Å². The van der Waals surface area contributed by atoms with Crippen LogP contribution in [-0.2, 0) is 25.8 Å². The number of esters is 1. The van der Waals surface area contributed by atoms with Crippen molar-refractivity contribution < 1.29 is 19.2 Å². The molecule has 0 fully saturated rings. The van der Waals surface area contributed by atoms with Gasteiger partial charge >= 0.3 is 5.97 Å². The number of ether oxygens (including phenoxy) is 1. The third kappa shape index (κ3) is 5.53. The van der Waals surface area contributed by atoms with Crippen molar-refractivity contribution in [2.24, 2.45) is 5.16 Å². The Bertz CT molecular complexity index is 560. The number of Topliss-reactive ketones (excluding diaryl/α,β-unsaturated/α-hetero) is 1. The second-order valence-electron chi connectivity index (χ2n) is 3.74. The van der Waals surface area contributed by atoms with Crippen LogP contribution in [0.4, 0.5) is 0 Å². The van der Waals surface area contributed by atoms with Crippen LogP contribution in [0.2, 0.25) is 10.0 Å². The molecule has 0 amide bonds. The van der Waals surface area contributed by atoms with Crippen LogP contribution in [0.1, 0.15) is 12.5 Å². The minimum absolute atomic E-state index is 0.00929. The third-order valence-electron chi connectivity index (χ3n) is 2.23. The summed E-state index contributed by atoms with van der Waals surface area (Å²) in [4.78, 5) is 28.0. The standard InChI is InChI=1S/C13H12Cl3NO4/c1-2-20-13(19)12(11(18)6-14)17-21-7-8-3-4-9(15)10(16)5-8/h3-5H,2,6-7H2,1H3. The Morgan fingerprint density at radius 1 is 1.24 bits per heavy atom. The van der Waals surface area contributed by atoms with Gasteiger partial charge in [-0.2, -0.15) is 0 Å². The number of ketones is 1. The molecule has 0 aliphatic carbocycles. The predicted octanol–water partition coefficient (Wildman–Crippen LogP) is 3.24. The van der Waals surface area contributed by atoms with Crippen molar-refractivity contribution in [1.29, 1.82) is 0 Å². The van der Waals surface area contributed by atoms with Gasteiger partial charge in [0.05, 0.1) is 22.5 Å². The van der Waals surface area contributed by atoms with Crippen LogP contribution in [0.25, 0.3) is 0 Å². The second-order valence-corrected chi connectivity index (χ2v) is 4.82. The Morgan fingerprint density at radius 2 is 1.95 bits per heavy atom. The van der Waals surface area contributed by atoms with Crippen molar-refractivity contribution >= 4 is 52.3 Å². The molecule has 0 aliphatic heterocycles. The molecule has 8 heteroatoms. The molecule has 0 N–H and O–H groups in total. The highest BCUT2D eigenvalue weighted by molar-refractivity contribution is 6.67. The first-order valence-corrected chi connectivity index (χ1v) is 7.18. The van der Waals surface area contributed by atoms with E-state index in [4.69, 9.17) is 44.4 Å². The largest absolute Gasteiger partial charge is 0.461 e. The van der Waals surface area contributed by atoms with Gasteiger partial charge in [-0.25, -0.2) is 4.79 Å². The molecule has 0 unspecified atom stereocenters. The molecule has 0 atom stereocenters. The first kappa shape index (κ1) is 17.8. The molecule has 0 bridgehead atoms. The van der Waals surface area contributed by atoms with Crippen LogP contribution in [0, 0.1) is 0 Å². The first-order valence-electron chi connectivity index (χ1n) is 5.89. The molecule has 0 aromatic heterocycles. The normalized spacial score (nSPS) is 11.1. The SMILES string of the molecule is CCOC(=O)C(=NOCc1ccc(Cl)c(Cl)c1)C(=O)CCl. The predicted molar refractivity (Wildman–Crippen MR) is 81.0 cm³/mol. The molecule has 21 heavy (non-hydrogen) atoms. The number of halogens is 3. The van der Waals surface area contributed by atoms with Crippen LogP contribution in [-0.4, -0.2) is 30.0 Å². The van der Waals surface area contributed by atoms with E-state index < -0.39 is 23.3 Å². The summed E-state index contributed by atoms with van der Waals surface area (Å²) in [5, 5.41) is 4.27. The summed E-state index contributed by atoms with van der Waals surface area (Å²) >= 11 is 17.0. The summed E-state index contributed by atoms with van der Waals surface area (Å²) in [7, 11) is 0. The van der Waals surface area contributed by atoms with Gasteiger partial charge in [0.2, 0.25) is 11.5 Å². The van der Waals surface area contributed by atoms with Crippen LogP contribution < -0.4 is 0 Å².